The second-order valence-electron chi connectivity index (χ2n) is 4.98. The van der Waals surface area contributed by atoms with Crippen molar-refractivity contribution >= 4 is 32.8 Å². The minimum atomic E-state index is 0.273. The van der Waals surface area contributed by atoms with Gasteiger partial charge in [-0.15, -0.1) is 0 Å². The van der Waals surface area contributed by atoms with Gasteiger partial charge in [0, 0.05) is 28.0 Å². The van der Waals surface area contributed by atoms with Crippen LogP contribution >= 0.6 is 15.9 Å². The van der Waals surface area contributed by atoms with Crippen LogP contribution in [-0.2, 0) is 0 Å². The Balaban J connectivity index is 2.29. The predicted octanol–water partition coefficient (Wildman–Crippen LogP) is 4.02. The highest BCUT2D eigenvalue weighted by molar-refractivity contribution is 9.10. The largest absolute Gasteiger partial charge is 0.398 e. The quantitative estimate of drug-likeness (QED) is 0.722. The van der Waals surface area contributed by atoms with Crippen LogP contribution in [0.1, 0.15) is 19.9 Å². The second-order valence-corrected chi connectivity index (χ2v) is 5.84. The number of fused-ring (bicyclic) bond motifs is 1. The molecule has 2 N–H and O–H groups in total. The summed E-state index contributed by atoms with van der Waals surface area (Å²) in [6.45, 7) is 4.25. The fourth-order valence-corrected chi connectivity index (χ4v) is 2.55. The summed E-state index contributed by atoms with van der Waals surface area (Å²) in [5.41, 5.74) is 9.49. The van der Waals surface area contributed by atoms with E-state index in [9.17, 15) is 0 Å². The SMILES string of the molecule is CC(C)n1c(-c2ccc(Br)c(N)c2)nc2cccnc21. The number of rotatable bonds is 2. The van der Waals surface area contributed by atoms with Gasteiger partial charge in [-0.3, -0.25) is 0 Å². The third-order valence-corrected chi connectivity index (χ3v) is 3.94. The van der Waals surface area contributed by atoms with Crippen molar-refractivity contribution in [3.63, 3.8) is 0 Å². The van der Waals surface area contributed by atoms with Crippen LogP contribution in [0.15, 0.2) is 41.0 Å². The molecule has 0 radical (unpaired) electrons. The number of aromatic nitrogens is 3. The summed E-state index contributed by atoms with van der Waals surface area (Å²) in [6.07, 6.45) is 1.79. The van der Waals surface area contributed by atoms with Crippen LogP contribution in [-0.4, -0.2) is 14.5 Å². The third kappa shape index (κ3) is 2.08. The molecule has 0 bridgehead atoms. The van der Waals surface area contributed by atoms with Gasteiger partial charge in [-0.25, -0.2) is 9.97 Å². The zero-order valence-electron chi connectivity index (χ0n) is 11.3. The third-order valence-electron chi connectivity index (χ3n) is 3.22. The summed E-state index contributed by atoms with van der Waals surface area (Å²) < 4.78 is 3.03. The molecular weight excluding hydrogens is 316 g/mol. The lowest BCUT2D eigenvalue weighted by atomic mass is 10.2. The van der Waals surface area contributed by atoms with Crippen molar-refractivity contribution in [1.29, 1.82) is 0 Å². The molecule has 20 heavy (non-hydrogen) atoms. The van der Waals surface area contributed by atoms with Crippen molar-refractivity contribution in [2.24, 2.45) is 0 Å². The molecule has 0 atom stereocenters. The first-order valence-corrected chi connectivity index (χ1v) is 7.25. The van der Waals surface area contributed by atoms with Crippen LogP contribution in [0.3, 0.4) is 0 Å². The van der Waals surface area contributed by atoms with Crippen molar-refractivity contribution in [3.8, 4) is 11.4 Å². The molecule has 0 aliphatic carbocycles. The number of halogens is 1. The van der Waals surface area contributed by atoms with Crippen LogP contribution in [0.4, 0.5) is 5.69 Å². The number of anilines is 1. The van der Waals surface area contributed by atoms with Gasteiger partial charge >= 0.3 is 0 Å². The van der Waals surface area contributed by atoms with Crippen molar-refractivity contribution in [1.82, 2.24) is 14.5 Å². The average molecular weight is 331 g/mol. The first-order valence-electron chi connectivity index (χ1n) is 6.46. The zero-order valence-corrected chi connectivity index (χ0v) is 12.9. The zero-order chi connectivity index (χ0) is 14.3. The fourth-order valence-electron chi connectivity index (χ4n) is 2.31. The van der Waals surface area contributed by atoms with Crippen LogP contribution in [0.25, 0.3) is 22.6 Å². The molecule has 2 aromatic heterocycles. The Bertz CT molecular complexity index is 777. The first-order chi connectivity index (χ1) is 9.58. The van der Waals surface area contributed by atoms with Crippen molar-refractivity contribution in [2.75, 3.05) is 5.73 Å². The van der Waals surface area contributed by atoms with Gasteiger partial charge in [0.2, 0.25) is 0 Å². The molecule has 3 aromatic rings. The van der Waals surface area contributed by atoms with Gasteiger partial charge in [-0.05, 0) is 60.1 Å². The van der Waals surface area contributed by atoms with Gasteiger partial charge in [-0.2, -0.15) is 0 Å². The molecule has 1 aromatic carbocycles. The Morgan fingerprint density at radius 2 is 2.05 bits per heavy atom. The van der Waals surface area contributed by atoms with E-state index in [1.165, 1.54) is 0 Å². The van der Waals surface area contributed by atoms with E-state index in [1.54, 1.807) is 6.20 Å². The molecule has 0 amide bonds. The molecule has 0 saturated carbocycles. The molecule has 0 unspecified atom stereocenters. The standard InChI is InChI=1S/C15H15BrN4/c1-9(2)20-14(10-5-6-11(16)12(17)8-10)19-13-4-3-7-18-15(13)20/h3-9H,17H2,1-2H3. The summed E-state index contributed by atoms with van der Waals surface area (Å²) in [5, 5.41) is 0. The second kappa shape index (κ2) is 4.90. The molecule has 102 valence electrons. The van der Waals surface area contributed by atoms with Gasteiger partial charge in [0.25, 0.3) is 0 Å². The van der Waals surface area contributed by atoms with Gasteiger partial charge in [-0.1, -0.05) is 0 Å². The van der Waals surface area contributed by atoms with Crippen molar-refractivity contribution in [3.05, 3.63) is 41.0 Å². The molecule has 0 saturated heterocycles. The number of hydrogen-bond donors (Lipinski definition) is 1. The van der Waals surface area contributed by atoms with Crippen molar-refractivity contribution < 1.29 is 0 Å². The summed E-state index contributed by atoms with van der Waals surface area (Å²) in [5.74, 6) is 0.896. The number of pyridine rings is 1. The minimum absolute atomic E-state index is 0.273. The van der Waals surface area contributed by atoms with E-state index in [-0.39, 0.29) is 6.04 Å². The number of benzene rings is 1. The minimum Gasteiger partial charge on any atom is -0.398 e. The number of nitrogen functional groups attached to an aromatic ring is 1. The topological polar surface area (TPSA) is 56.7 Å². The maximum absolute atomic E-state index is 5.98. The molecule has 2 heterocycles. The van der Waals surface area contributed by atoms with Crippen molar-refractivity contribution in [2.45, 2.75) is 19.9 Å². The highest BCUT2D eigenvalue weighted by Crippen LogP contribution is 2.30. The summed E-state index contributed by atoms with van der Waals surface area (Å²) >= 11 is 3.42. The van der Waals surface area contributed by atoms with Crippen LogP contribution in [0, 0.1) is 0 Å². The molecule has 0 aliphatic heterocycles. The summed E-state index contributed by atoms with van der Waals surface area (Å²) in [4.78, 5) is 9.15. The van der Waals surface area contributed by atoms with E-state index in [0.29, 0.717) is 5.69 Å². The number of imidazole rings is 1. The highest BCUT2D eigenvalue weighted by Gasteiger charge is 2.16. The monoisotopic (exact) mass is 330 g/mol. The Hall–Kier alpha value is -1.88. The molecule has 0 fully saturated rings. The summed E-state index contributed by atoms with van der Waals surface area (Å²) in [6, 6.07) is 10.1. The molecule has 0 aliphatic rings. The van der Waals surface area contributed by atoms with Gasteiger partial charge in [0.15, 0.2) is 5.65 Å². The first kappa shape index (κ1) is 13.1. The maximum atomic E-state index is 5.98. The molecule has 5 heteroatoms. The van der Waals surface area contributed by atoms with E-state index < -0.39 is 0 Å². The molecular formula is C15H15BrN4. The van der Waals surface area contributed by atoms with Gasteiger partial charge < -0.3 is 10.3 Å². The van der Waals surface area contributed by atoms with E-state index in [4.69, 9.17) is 10.7 Å². The lowest BCUT2D eigenvalue weighted by Crippen LogP contribution is -2.04. The smallest absolute Gasteiger partial charge is 0.160 e. The van der Waals surface area contributed by atoms with Crippen LogP contribution in [0.5, 0.6) is 0 Å². The molecule has 0 spiro atoms. The van der Waals surface area contributed by atoms with Crippen LogP contribution < -0.4 is 5.73 Å². The predicted molar refractivity (Wildman–Crippen MR) is 85.5 cm³/mol. The molecule has 4 nitrogen and oxygen atoms in total. The normalized spacial score (nSPS) is 11.4. The van der Waals surface area contributed by atoms with Crippen LogP contribution in [0.2, 0.25) is 0 Å². The molecule has 3 rings (SSSR count). The Kier molecular flexibility index (Phi) is 3.22. The Morgan fingerprint density at radius 1 is 1.25 bits per heavy atom. The highest BCUT2D eigenvalue weighted by atomic mass is 79.9. The van der Waals surface area contributed by atoms with Gasteiger partial charge in [0.1, 0.15) is 11.3 Å². The number of nitrogens with zero attached hydrogens (tertiary/aromatic N) is 3. The van der Waals surface area contributed by atoms with E-state index in [2.05, 4.69) is 39.3 Å². The lowest BCUT2D eigenvalue weighted by molar-refractivity contribution is 0.620. The van der Waals surface area contributed by atoms with E-state index in [1.807, 2.05) is 30.3 Å². The Labute approximate surface area is 125 Å². The number of nitrogens with two attached hydrogens (primary N) is 1. The fraction of sp³-hybridized carbons (Fsp3) is 0.200. The summed E-state index contributed by atoms with van der Waals surface area (Å²) in [7, 11) is 0. The average Bonchev–Trinajstić information content (AvgIpc) is 2.81. The Morgan fingerprint density at radius 3 is 2.75 bits per heavy atom. The van der Waals surface area contributed by atoms with E-state index in [0.717, 1.165) is 27.0 Å². The van der Waals surface area contributed by atoms with Gasteiger partial charge in [0.05, 0.1) is 0 Å². The number of hydrogen-bond acceptors (Lipinski definition) is 3. The maximum Gasteiger partial charge on any atom is 0.160 e. The lowest BCUT2D eigenvalue weighted by Gasteiger charge is -2.12. The van der Waals surface area contributed by atoms with E-state index >= 15 is 0 Å².